The minimum Gasteiger partial charge on any atom is -0.313 e. The third kappa shape index (κ3) is 3.73. The zero-order valence-corrected chi connectivity index (χ0v) is 17.1. The molecule has 4 aromatic rings. The van der Waals surface area contributed by atoms with Crippen LogP contribution in [0.25, 0.3) is 16.9 Å². The third-order valence-electron chi connectivity index (χ3n) is 4.74. The van der Waals surface area contributed by atoms with Crippen molar-refractivity contribution in [1.82, 2.24) is 14.6 Å². The number of aromatic nitrogens is 3. The number of ketones is 1. The van der Waals surface area contributed by atoms with Crippen LogP contribution in [0, 0.1) is 0 Å². The maximum absolute atomic E-state index is 12.8. The first kappa shape index (κ1) is 19.9. The number of thiophene rings is 1. The van der Waals surface area contributed by atoms with Gasteiger partial charge in [0, 0.05) is 30.9 Å². The molecule has 6 nitrogen and oxygen atoms in total. The van der Waals surface area contributed by atoms with Crippen LogP contribution in [0.15, 0.2) is 60.2 Å². The predicted molar refractivity (Wildman–Crippen MR) is 115 cm³/mol. The largest absolute Gasteiger partial charge is 0.313 e. The first-order chi connectivity index (χ1) is 14.6. The monoisotopic (exact) mass is 422 g/mol. The van der Waals surface area contributed by atoms with Gasteiger partial charge in [0.1, 0.15) is 0 Å². The summed E-state index contributed by atoms with van der Waals surface area (Å²) in [5, 5.41) is 6.25. The summed E-state index contributed by atoms with van der Waals surface area (Å²) in [4.78, 5) is 31.4. The maximum atomic E-state index is 12.8. The van der Waals surface area contributed by atoms with Gasteiger partial charge in [-0.05, 0) is 36.1 Å². The van der Waals surface area contributed by atoms with Crippen molar-refractivity contribution in [2.24, 2.45) is 0 Å². The van der Waals surface area contributed by atoms with Crippen LogP contribution in [0.2, 0.25) is 0 Å². The van der Waals surface area contributed by atoms with E-state index < -0.39 is 6.67 Å². The average molecular weight is 422 g/mol. The van der Waals surface area contributed by atoms with Gasteiger partial charge in [0.25, 0.3) is 0 Å². The van der Waals surface area contributed by atoms with Gasteiger partial charge >= 0.3 is 0 Å². The zero-order chi connectivity index (χ0) is 21.1. The van der Waals surface area contributed by atoms with Crippen LogP contribution >= 0.6 is 11.3 Å². The van der Waals surface area contributed by atoms with E-state index >= 15 is 0 Å². The second-order valence-corrected chi connectivity index (χ2v) is 7.64. The minimum atomic E-state index is -0.483. The van der Waals surface area contributed by atoms with Crippen molar-refractivity contribution in [2.45, 2.75) is 13.3 Å². The molecule has 4 rings (SSSR count). The lowest BCUT2D eigenvalue weighted by Gasteiger charge is -2.21. The molecule has 0 unspecified atom stereocenters. The van der Waals surface area contributed by atoms with Gasteiger partial charge in [0.05, 0.1) is 29.0 Å². The molecule has 0 aliphatic carbocycles. The Morgan fingerprint density at radius 3 is 2.80 bits per heavy atom. The van der Waals surface area contributed by atoms with Gasteiger partial charge in [-0.2, -0.15) is 5.10 Å². The Morgan fingerprint density at radius 1 is 1.20 bits per heavy atom. The normalized spacial score (nSPS) is 11.0. The molecule has 0 aliphatic heterocycles. The summed E-state index contributed by atoms with van der Waals surface area (Å²) in [6, 6.07) is 12.8. The number of carbonyl (C=O) groups is 2. The van der Waals surface area contributed by atoms with Gasteiger partial charge in [0.2, 0.25) is 11.7 Å². The molecule has 0 atom stereocenters. The lowest BCUT2D eigenvalue weighted by Crippen LogP contribution is -2.29. The van der Waals surface area contributed by atoms with E-state index in [1.54, 1.807) is 27.7 Å². The molecular formula is C22H19FN4O2S. The van der Waals surface area contributed by atoms with E-state index in [1.165, 1.54) is 24.5 Å². The minimum absolute atomic E-state index is 0.118. The van der Waals surface area contributed by atoms with Crippen molar-refractivity contribution in [2.75, 3.05) is 18.1 Å². The fourth-order valence-electron chi connectivity index (χ4n) is 3.33. The Labute approximate surface area is 176 Å². The van der Waals surface area contributed by atoms with Crippen molar-refractivity contribution < 1.29 is 14.0 Å². The molecule has 1 aromatic carbocycles. The SMILES string of the molecule is CC(=O)N(CCCF)c1cccc(-c2ccnc3c(C(=O)c4cccs4)cnn23)c1. The number of rotatable bonds is 7. The van der Waals surface area contributed by atoms with E-state index in [9.17, 15) is 14.0 Å². The number of nitrogens with zero attached hydrogens (tertiary/aromatic N) is 4. The summed E-state index contributed by atoms with van der Waals surface area (Å²) in [5.41, 5.74) is 3.13. The van der Waals surface area contributed by atoms with Crippen molar-refractivity contribution >= 4 is 34.4 Å². The summed E-state index contributed by atoms with van der Waals surface area (Å²) in [6.07, 6.45) is 3.44. The number of alkyl halides is 1. The predicted octanol–water partition coefficient (Wildman–Crippen LogP) is 4.40. The van der Waals surface area contributed by atoms with Crippen molar-refractivity contribution in [3.8, 4) is 11.3 Å². The van der Waals surface area contributed by atoms with Crippen molar-refractivity contribution in [3.63, 3.8) is 0 Å². The van der Waals surface area contributed by atoms with Gasteiger partial charge in [-0.3, -0.25) is 14.0 Å². The van der Waals surface area contributed by atoms with Crippen molar-refractivity contribution in [3.05, 3.63) is 70.7 Å². The Bertz CT molecular complexity index is 1200. The molecule has 0 saturated heterocycles. The average Bonchev–Trinajstić information content (AvgIpc) is 3.43. The topological polar surface area (TPSA) is 67.6 Å². The van der Waals surface area contributed by atoms with Gasteiger partial charge < -0.3 is 4.90 Å². The fourth-order valence-corrected chi connectivity index (χ4v) is 4.01. The molecule has 0 N–H and O–H groups in total. The molecule has 1 amide bonds. The molecule has 152 valence electrons. The highest BCUT2D eigenvalue weighted by Gasteiger charge is 2.19. The van der Waals surface area contributed by atoms with Gasteiger partial charge in [-0.15, -0.1) is 11.3 Å². The molecule has 3 aromatic heterocycles. The number of hydrogen-bond acceptors (Lipinski definition) is 5. The lowest BCUT2D eigenvalue weighted by atomic mass is 10.1. The standard InChI is InChI=1S/C22H19FN4O2S/c1-15(28)26(11-4-9-23)17-6-2-5-16(13-17)19-8-10-24-22-18(14-25-27(19)22)21(29)20-7-3-12-30-20/h2-3,5-8,10,12-14H,4,9,11H2,1H3. The van der Waals surface area contributed by atoms with Gasteiger partial charge in [-0.25, -0.2) is 9.50 Å². The number of benzene rings is 1. The molecule has 8 heteroatoms. The van der Waals surface area contributed by atoms with E-state index in [4.69, 9.17) is 0 Å². The lowest BCUT2D eigenvalue weighted by molar-refractivity contribution is -0.116. The highest BCUT2D eigenvalue weighted by atomic mass is 32.1. The van der Waals surface area contributed by atoms with Crippen LogP contribution in [0.5, 0.6) is 0 Å². The molecule has 0 saturated carbocycles. The third-order valence-corrected chi connectivity index (χ3v) is 5.61. The van der Waals surface area contributed by atoms with Crippen LogP contribution in [0.3, 0.4) is 0 Å². The Kier molecular flexibility index (Phi) is 5.67. The quantitative estimate of drug-likeness (QED) is 0.414. The molecule has 0 spiro atoms. The van der Waals surface area contributed by atoms with E-state index in [0.29, 0.717) is 28.3 Å². The van der Waals surface area contributed by atoms with Crippen LogP contribution < -0.4 is 4.90 Å². The van der Waals surface area contributed by atoms with Gasteiger partial charge in [0.15, 0.2) is 5.65 Å². The highest BCUT2D eigenvalue weighted by molar-refractivity contribution is 7.12. The zero-order valence-electron chi connectivity index (χ0n) is 16.3. The van der Waals surface area contributed by atoms with Crippen LogP contribution in [0.4, 0.5) is 10.1 Å². The summed E-state index contributed by atoms with van der Waals surface area (Å²) in [6.45, 7) is 1.29. The molecule has 0 bridgehead atoms. The molecule has 0 fully saturated rings. The van der Waals surface area contributed by atoms with Gasteiger partial charge in [-0.1, -0.05) is 18.2 Å². The molecule has 0 radical (unpaired) electrons. The molecule has 3 heterocycles. The smallest absolute Gasteiger partial charge is 0.223 e. The fraction of sp³-hybridized carbons (Fsp3) is 0.182. The Morgan fingerprint density at radius 2 is 2.07 bits per heavy atom. The van der Waals surface area contributed by atoms with Crippen LogP contribution in [-0.2, 0) is 4.79 Å². The van der Waals surface area contributed by atoms with E-state index in [1.807, 2.05) is 35.7 Å². The number of halogens is 1. The number of hydrogen-bond donors (Lipinski definition) is 0. The second kappa shape index (κ2) is 8.54. The van der Waals surface area contributed by atoms with Crippen molar-refractivity contribution in [1.29, 1.82) is 0 Å². The maximum Gasteiger partial charge on any atom is 0.223 e. The molecule has 30 heavy (non-hydrogen) atoms. The number of carbonyl (C=O) groups excluding carboxylic acids is 2. The second-order valence-electron chi connectivity index (χ2n) is 6.69. The Hall–Kier alpha value is -3.39. The highest BCUT2D eigenvalue weighted by Crippen LogP contribution is 2.27. The van der Waals surface area contributed by atoms with E-state index in [0.717, 1.165) is 11.3 Å². The summed E-state index contributed by atoms with van der Waals surface area (Å²) >= 11 is 1.37. The summed E-state index contributed by atoms with van der Waals surface area (Å²) in [5.74, 6) is -0.268. The van der Waals surface area contributed by atoms with E-state index in [-0.39, 0.29) is 18.1 Å². The molecular weight excluding hydrogens is 403 g/mol. The molecule has 0 aliphatic rings. The van der Waals surface area contributed by atoms with Crippen LogP contribution in [-0.4, -0.2) is 39.5 Å². The summed E-state index contributed by atoms with van der Waals surface area (Å²) in [7, 11) is 0. The number of fused-ring (bicyclic) bond motifs is 1. The Balaban J connectivity index is 1.75. The number of amides is 1. The van der Waals surface area contributed by atoms with E-state index in [2.05, 4.69) is 10.1 Å². The summed E-state index contributed by atoms with van der Waals surface area (Å²) < 4.78 is 14.3. The number of anilines is 1. The van der Waals surface area contributed by atoms with Crippen LogP contribution in [0.1, 0.15) is 28.6 Å². The first-order valence-electron chi connectivity index (χ1n) is 9.45. The first-order valence-corrected chi connectivity index (χ1v) is 10.3.